The first-order chi connectivity index (χ1) is 10.2. The van der Waals surface area contributed by atoms with Crippen LogP contribution in [-0.4, -0.2) is 36.7 Å². The minimum Gasteiger partial charge on any atom is -0.376 e. The highest BCUT2D eigenvalue weighted by Gasteiger charge is 2.16. The van der Waals surface area contributed by atoms with E-state index < -0.39 is 0 Å². The third-order valence-electron chi connectivity index (χ3n) is 3.38. The van der Waals surface area contributed by atoms with E-state index in [-0.39, 0.29) is 12.0 Å². The molecule has 1 aromatic rings. The van der Waals surface area contributed by atoms with Gasteiger partial charge in [-0.15, -0.1) is 0 Å². The lowest BCUT2D eigenvalue weighted by atomic mass is 10.1. The van der Waals surface area contributed by atoms with Gasteiger partial charge in [0, 0.05) is 25.3 Å². The van der Waals surface area contributed by atoms with E-state index in [1.165, 1.54) is 0 Å². The predicted octanol–water partition coefficient (Wildman–Crippen LogP) is 2.86. The van der Waals surface area contributed by atoms with Crippen LogP contribution in [0, 0.1) is 0 Å². The van der Waals surface area contributed by atoms with Gasteiger partial charge in [-0.2, -0.15) is 0 Å². The number of pyridine rings is 1. The Morgan fingerprint density at radius 2 is 2.33 bits per heavy atom. The van der Waals surface area contributed by atoms with Crippen LogP contribution in [0.3, 0.4) is 0 Å². The van der Waals surface area contributed by atoms with E-state index in [0.717, 1.165) is 38.8 Å². The molecule has 6 heteroatoms. The summed E-state index contributed by atoms with van der Waals surface area (Å²) in [5, 5.41) is 6.35. The Bertz CT molecular complexity index is 476. The molecular weight excluding hydrogens is 290 g/mol. The van der Waals surface area contributed by atoms with Gasteiger partial charge in [0.25, 0.3) is 5.91 Å². The molecule has 0 spiro atoms. The van der Waals surface area contributed by atoms with Crippen molar-refractivity contribution >= 4 is 23.3 Å². The molecule has 0 bridgehead atoms. The van der Waals surface area contributed by atoms with E-state index in [9.17, 15) is 4.79 Å². The first kappa shape index (κ1) is 16.0. The summed E-state index contributed by atoms with van der Waals surface area (Å²) in [4.78, 5) is 16.3. The largest absolute Gasteiger partial charge is 0.376 e. The molecule has 0 saturated carbocycles. The smallest absolute Gasteiger partial charge is 0.251 e. The summed E-state index contributed by atoms with van der Waals surface area (Å²) in [7, 11) is 0. The number of amides is 1. The molecular formula is C15H22ClN3O2. The van der Waals surface area contributed by atoms with Crippen LogP contribution in [0.4, 0.5) is 5.82 Å². The monoisotopic (exact) mass is 311 g/mol. The summed E-state index contributed by atoms with van der Waals surface area (Å²) < 4.78 is 5.60. The second-order valence-electron chi connectivity index (χ2n) is 5.19. The first-order valence-corrected chi connectivity index (χ1v) is 7.88. The highest BCUT2D eigenvalue weighted by atomic mass is 35.5. The Hall–Kier alpha value is -1.33. The minimum atomic E-state index is -0.145. The van der Waals surface area contributed by atoms with E-state index in [2.05, 4.69) is 22.5 Å². The van der Waals surface area contributed by atoms with Gasteiger partial charge in [-0.1, -0.05) is 18.5 Å². The number of nitrogens with one attached hydrogen (secondary N) is 2. The summed E-state index contributed by atoms with van der Waals surface area (Å²) in [5.41, 5.74) is 0.518. The van der Waals surface area contributed by atoms with Gasteiger partial charge >= 0.3 is 0 Å². The molecule has 1 unspecified atom stereocenters. The molecule has 0 aliphatic carbocycles. The summed E-state index contributed by atoms with van der Waals surface area (Å²) in [6.07, 6.45) is 4.37. The van der Waals surface area contributed by atoms with Crippen molar-refractivity contribution in [3.8, 4) is 0 Å². The fourth-order valence-corrected chi connectivity index (χ4v) is 2.46. The second kappa shape index (κ2) is 8.20. The molecule has 1 aromatic heterocycles. The van der Waals surface area contributed by atoms with Gasteiger partial charge in [0.05, 0.1) is 6.10 Å². The molecule has 1 aliphatic heterocycles. The number of aromatic nitrogens is 1. The fraction of sp³-hybridized carbons (Fsp3) is 0.600. The SMILES string of the molecule is CCCNc1cc(C(=O)NCC2CCCCO2)cc(Cl)n1. The average molecular weight is 312 g/mol. The third kappa shape index (κ3) is 5.17. The number of hydrogen-bond donors (Lipinski definition) is 2. The van der Waals surface area contributed by atoms with Gasteiger partial charge in [-0.3, -0.25) is 4.79 Å². The molecule has 1 saturated heterocycles. The number of rotatable bonds is 6. The van der Waals surface area contributed by atoms with E-state index in [4.69, 9.17) is 16.3 Å². The molecule has 0 aromatic carbocycles. The Balaban J connectivity index is 1.92. The van der Waals surface area contributed by atoms with Crippen molar-refractivity contribution in [3.05, 3.63) is 22.8 Å². The van der Waals surface area contributed by atoms with Gasteiger partial charge in [0.2, 0.25) is 0 Å². The number of carbonyl (C=O) groups is 1. The average Bonchev–Trinajstić information content (AvgIpc) is 2.51. The Morgan fingerprint density at radius 1 is 1.48 bits per heavy atom. The number of nitrogens with zero attached hydrogens (tertiary/aromatic N) is 1. The lowest BCUT2D eigenvalue weighted by molar-refractivity contribution is 0.0169. The molecule has 1 amide bonds. The molecule has 21 heavy (non-hydrogen) atoms. The van der Waals surface area contributed by atoms with Crippen LogP contribution < -0.4 is 10.6 Å². The maximum Gasteiger partial charge on any atom is 0.251 e. The number of anilines is 1. The normalized spacial score (nSPS) is 18.3. The van der Waals surface area contributed by atoms with Crippen molar-refractivity contribution in [2.24, 2.45) is 0 Å². The molecule has 2 rings (SSSR count). The third-order valence-corrected chi connectivity index (χ3v) is 3.57. The topological polar surface area (TPSA) is 63.2 Å². The summed E-state index contributed by atoms with van der Waals surface area (Å²) in [5.74, 6) is 0.483. The lowest BCUT2D eigenvalue weighted by Gasteiger charge is -2.22. The van der Waals surface area contributed by atoms with Crippen LogP contribution in [0.2, 0.25) is 5.15 Å². The summed E-state index contributed by atoms with van der Waals surface area (Å²) >= 11 is 5.97. The molecule has 0 radical (unpaired) electrons. The van der Waals surface area contributed by atoms with E-state index in [1.54, 1.807) is 12.1 Å². The summed E-state index contributed by atoms with van der Waals surface area (Å²) in [6.45, 7) is 4.18. The molecule has 2 N–H and O–H groups in total. The standard InChI is InChI=1S/C15H22ClN3O2/c1-2-6-17-14-9-11(8-13(16)19-14)15(20)18-10-12-5-3-4-7-21-12/h8-9,12H,2-7,10H2,1H3,(H,17,19)(H,18,20). The maximum absolute atomic E-state index is 12.2. The molecule has 116 valence electrons. The molecule has 1 fully saturated rings. The zero-order valence-electron chi connectivity index (χ0n) is 12.3. The molecule has 5 nitrogen and oxygen atoms in total. The van der Waals surface area contributed by atoms with E-state index in [1.807, 2.05) is 0 Å². The Kier molecular flexibility index (Phi) is 6.26. The number of halogens is 1. The van der Waals surface area contributed by atoms with E-state index in [0.29, 0.717) is 23.1 Å². The quantitative estimate of drug-likeness (QED) is 0.793. The maximum atomic E-state index is 12.2. The zero-order chi connectivity index (χ0) is 15.1. The number of carbonyl (C=O) groups excluding carboxylic acids is 1. The fourth-order valence-electron chi connectivity index (χ4n) is 2.25. The van der Waals surface area contributed by atoms with Crippen molar-refractivity contribution < 1.29 is 9.53 Å². The van der Waals surface area contributed by atoms with Crippen LogP contribution in [0.1, 0.15) is 43.0 Å². The molecule has 1 atom stereocenters. The van der Waals surface area contributed by atoms with Crippen LogP contribution in [0.15, 0.2) is 12.1 Å². The van der Waals surface area contributed by atoms with Crippen molar-refractivity contribution in [1.29, 1.82) is 0 Å². The van der Waals surface area contributed by atoms with Crippen LogP contribution in [0.25, 0.3) is 0 Å². The minimum absolute atomic E-state index is 0.123. The van der Waals surface area contributed by atoms with E-state index >= 15 is 0 Å². The van der Waals surface area contributed by atoms with Gasteiger partial charge < -0.3 is 15.4 Å². The number of hydrogen-bond acceptors (Lipinski definition) is 4. The van der Waals surface area contributed by atoms with Crippen molar-refractivity contribution in [2.75, 3.05) is 25.0 Å². The van der Waals surface area contributed by atoms with Gasteiger partial charge in [-0.05, 0) is 37.8 Å². The molecule has 2 heterocycles. The zero-order valence-corrected chi connectivity index (χ0v) is 13.1. The van der Waals surface area contributed by atoms with Crippen LogP contribution in [-0.2, 0) is 4.74 Å². The highest BCUT2D eigenvalue weighted by Crippen LogP contribution is 2.15. The van der Waals surface area contributed by atoms with Gasteiger partial charge in [0.1, 0.15) is 11.0 Å². The van der Waals surface area contributed by atoms with Crippen LogP contribution >= 0.6 is 11.6 Å². The van der Waals surface area contributed by atoms with Crippen molar-refractivity contribution in [2.45, 2.75) is 38.7 Å². The second-order valence-corrected chi connectivity index (χ2v) is 5.58. The first-order valence-electron chi connectivity index (χ1n) is 7.50. The Labute approximate surface area is 130 Å². The van der Waals surface area contributed by atoms with Crippen molar-refractivity contribution in [3.63, 3.8) is 0 Å². The Morgan fingerprint density at radius 3 is 3.05 bits per heavy atom. The predicted molar refractivity (Wildman–Crippen MR) is 84.0 cm³/mol. The van der Waals surface area contributed by atoms with Crippen LogP contribution in [0.5, 0.6) is 0 Å². The lowest BCUT2D eigenvalue weighted by Crippen LogP contribution is -2.35. The highest BCUT2D eigenvalue weighted by molar-refractivity contribution is 6.29. The molecule has 1 aliphatic rings. The summed E-state index contributed by atoms with van der Waals surface area (Å²) in [6, 6.07) is 3.30. The van der Waals surface area contributed by atoms with Crippen molar-refractivity contribution in [1.82, 2.24) is 10.3 Å². The van der Waals surface area contributed by atoms with Gasteiger partial charge in [-0.25, -0.2) is 4.98 Å². The number of ether oxygens (including phenoxy) is 1. The van der Waals surface area contributed by atoms with Gasteiger partial charge in [0.15, 0.2) is 0 Å².